The minimum atomic E-state index is -0.201. The molecule has 5 nitrogen and oxygen atoms in total. The highest BCUT2D eigenvalue weighted by molar-refractivity contribution is 6.29. The number of likely N-dealkylation sites (N-methyl/N-ethyl adjacent to an activating group) is 1. The van der Waals surface area contributed by atoms with E-state index in [4.69, 9.17) is 11.6 Å². The van der Waals surface area contributed by atoms with Crippen LogP contribution in [0.25, 0.3) is 0 Å². The van der Waals surface area contributed by atoms with Gasteiger partial charge in [0, 0.05) is 5.56 Å². The Morgan fingerprint density at radius 3 is 2.70 bits per heavy atom. The third kappa shape index (κ3) is 3.76. The second kappa shape index (κ2) is 6.98. The van der Waals surface area contributed by atoms with Gasteiger partial charge in [-0.3, -0.25) is 4.79 Å². The standard InChI is InChI=1S/C14H15ClN4O/c1-16-9-8-10-4-2-3-5-11(10)14(20)17-13-7-6-12(15)18-19-13/h2-7,16H,8-9H2,1H3,(H,17,19,20). The number of rotatable bonds is 5. The number of aromatic nitrogens is 2. The molecular weight excluding hydrogens is 276 g/mol. The highest BCUT2D eigenvalue weighted by Crippen LogP contribution is 2.12. The maximum atomic E-state index is 12.3. The summed E-state index contributed by atoms with van der Waals surface area (Å²) in [5.41, 5.74) is 1.63. The Kier molecular flexibility index (Phi) is 5.03. The van der Waals surface area contributed by atoms with Gasteiger partial charge >= 0.3 is 0 Å². The van der Waals surface area contributed by atoms with E-state index in [0.717, 1.165) is 18.5 Å². The van der Waals surface area contributed by atoms with Crippen LogP contribution in [0.4, 0.5) is 5.82 Å². The van der Waals surface area contributed by atoms with Crippen molar-refractivity contribution in [3.8, 4) is 0 Å². The van der Waals surface area contributed by atoms with E-state index in [1.165, 1.54) is 0 Å². The van der Waals surface area contributed by atoms with Gasteiger partial charge in [0.1, 0.15) is 0 Å². The SMILES string of the molecule is CNCCc1ccccc1C(=O)Nc1ccc(Cl)nn1. The lowest BCUT2D eigenvalue weighted by atomic mass is 10.0. The first-order chi connectivity index (χ1) is 9.70. The van der Waals surface area contributed by atoms with Gasteiger partial charge in [-0.2, -0.15) is 0 Å². The van der Waals surface area contributed by atoms with Gasteiger partial charge in [0.2, 0.25) is 0 Å². The Morgan fingerprint density at radius 1 is 1.20 bits per heavy atom. The molecule has 1 aromatic heterocycles. The first kappa shape index (κ1) is 14.4. The summed E-state index contributed by atoms with van der Waals surface area (Å²) in [5, 5.41) is 13.6. The van der Waals surface area contributed by atoms with Gasteiger partial charge in [0.15, 0.2) is 11.0 Å². The number of nitrogens with one attached hydrogen (secondary N) is 2. The number of amides is 1. The predicted molar refractivity (Wildman–Crippen MR) is 79.1 cm³/mol. The number of hydrogen-bond donors (Lipinski definition) is 2. The van der Waals surface area contributed by atoms with Crippen molar-refractivity contribution < 1.29 is 4.79 Å². The molecule has 6 heteroatoms. The lowest BCUT2D eigenvalue weighted by Gasteiger charge is -2.09. The molecule has 0 bridgehead atoms. The number of nitrogens with zero attached hydrogens (tertiary/aromatic N) is 2. The summed E-state index contributed by atoms with van der Waals surface area (Å²) in [5.74, 6) is 0.177. The molecule has 2 N–H and O–H groups in total. The summed E-state index contributed by atoms with van der Waals surface area (Å²) in [4.78, 5) is 12.3. The number of hydrogen-bond acceptors (Lipinski definition) is 4. The van der Waals surface area contributed by atoms with E-state index in [1.54, 1.807) is 18.2 Å². The molecule has 0 spiro atoms. The average Bonchev–Trinajstić information content (AvgIpc) is 2.47. The van der Waals surface area contributed by atoms with Crippen LogP contribution >= 0.6 is 11.6 Å². The van der Waals surface area contributed by atoms with Gasteiger partial charge in [-0.1, -0.05) is 29.8 Å². The van der Waals surface area contributed by atoms with Crippen molar-refractivity contribution in [2.75, 3.05) is 18.9 Å². The number of halogens is 1. The second-order valence-corrected chi connectivity index (χ2v) is 4.59. The summed E-state index contributed by atoms with van der Waals surface area (Å²) >= 11 is 5.65. The predicted octanol–water partition coefficient (Wildman–Crippen LogP) is 2.14. The summed E-state index contributed by atoms with van der Waals surface area (Å²) in [6.45, 7) is 0.811. The van der Waals surface area contributed by atoms with E-state index < -0.39 is 0 Å². The average molecular weight is 291 g/mol. The third-order valence-corrected chi connectivity index (χ3v) is 2.98. The zero-order chi connectivity index (χ0) is 14.4. The molecule has 1 aromatic carbocycles. The molecule has 0 saturated heterocycles. The quantitative estimate of drug-likeness (QED) is 0.885. The molecule has 0 aliphatic rings. The first-order valence-electron chi connectivity index (χ1n) is 6.24. The lowest BCUT2D eigenvalue weighted by molar-refractivity contribution is 0.102. The summed E-state index contributed by atoms with van der Waals surface area (Å²) < 4.78 is 0. The van der Waals surface area contributed by atoms with Crippen LogP contribution in [-0.2, 0) is 6.42 Å². The zero-order valence-corrected chi connectivity index (χ0v) is 11.8. The van der Waals surface area contributed by atoms with Gasteiger partial charge in [0.05, 0.1) is 0 Å². The van der Waals surface area contributed by atoms with E-state index in [9.17, 15) is 4.79 Å². The van der Waals surface area contributed by atoms with E-state index in [0.29, 0.717) is 11.4 Å². The van der Waals surface area contributed by atoms with E-state index in [2.05, 4.69) is 20.8 Å². The van der Waals surface area contributed by atoms with Crippen molar-refractivity contribution in [3.05, 3.63) is 52.7 Å². The molecule has 0 unspecified atom stereocenters. The van der Waals surface area contributed by atoms with Gasteiger partial charge in [-0.25, -0.2) is 0 Å². The van der Waals surface area contributed by atoms with Gasteiger partial charge < -0.3 is 10.6 Å². The molecule has 0 aliphatic heterocycles. The topological polar surface area (TPSA) is 66.9 Å². The van der Waals surface area contributed by atoms with Crippen LogP contribution in [0.2, 0.25) is 5.15 Å². The lowest BCUT2D eigenvalue weighted by Crippen LogP contribution is -2.17. The van der Waals surface area contributed by atoms with Crippen LogP contribution in [0.5, 0.6) is 0 Å². The molecule has 1 amide bonds. The van der Waals surface area contributed by atoms with Crippen molar-refractivity contribution in [2.45, 2.75) is 6.42 Å². The molecule has 20 heavy (non-hydrogen) atoms. The van der Waals surface area contributed by atoms with Crippen LogP contribution < -0.4 is 10.6 Å². The van der Waals surface area contributed by atoms with Crippen molar-refractivity contribution in [1.82, 2.24) is 15.5 Å². The molecule has 104 valence electrons. The number of carbonyl (C=O) groups excluding carboxylic acids is 1. The summed E-state index contributed by atoms with van der Waals surface area (Å²) in [6, 6.07) is 10.7. The Balaban J connectivity index is 2.14. The normalized spacial score (nSPS) is 10.3. The van der Waals surface area contributed by atoms with Crippen LogP contribution in [-0.4, -0.2) is 29.7 Å². The van der Waals surface area contributed by atoms with Crippen LogP contribution in [0.15, 0.2) is 36.4 Å². The van der Waals surface area contributed by atoms with Crippen molar-refractivity contribution >= 4 is 23.3 Å². The number of benzene rings is 1. The fourth-order valence-electron chi connectivity index (χ4n) is 1.79. The van der Waals surface area contributed by atoms with Gasteiger partial charge in [-0.05, 0) is 43.8 Å². The Hall–Kier alpha value is -1.98. The van der Waals surface area contributed by atoms with Crippen molar-refractivity contribution in [2.24, 2.45) is 0 Å². The van der Waals surface area contributed by atoms with Crippen molar-refractivity contribution in [3.63, 3.8) is 0 Å². The van der Waals surface area contributed by atoms with Crippen LogP contribution in [0.1, 0.15) is 15.9 Å². The van der Waals surface area contributed by atoms with Crippen molar-refractivity contribution in [1.29, 1.82) is 0 Å². The smallest absolute Gasteiger partial charge is 0.257 e. The largest absolute Gasteiger partial charge is 0.319 e. The Morgan fingerprint density at radius 2 is 2.00 bits per heavy atom. The van der Waals surface area contributed by atoms with Gasteiger partial charge in [0.25, 0.3) is 5.91 Å². The molecule has 0 atom stereocenters. The molecule has 2 rings (SSSR count). The Bertz CT molecular complexity index is 586. The molecular formula is C14H15ClN4O. The van der Waals surface area contributed by atoms with E-state index in [-0.39, 0.29) is 11.1 Å². The molecule has 0 saturated carbocycles. The fourth-order valence-corrected chi connectivity index (χ4v) is 1.89. The molecule has 1 heterocycles. The number of anilines is 1. The molecule has 0 radical (unpaired) electrons. The molecule has 0 aliphatic carbocycles. The highest BCUT2D eigenvalue weighted by atomic mass is 35.5. The minimum absolute atomic E-state index is 0.201. The summed E-state index contributed by atoms with van der Waals surface area (Å²) in [7, 11) is 1.88. The minimum Gasteiger partial charge on any atom is -0.319 e. The maximum Gasteiger partial charge on any atom is 0.257 e. The fraction of sp³-hybridized carbons (Fsp3) is 0.214. The first-order valence-corrected chi connectivity index (χ1v) is 6.61. The Labute approximate surface area is 122 Å². The third-order valence-electron chi connectivity index (χ3n) is 2.78. The van der Waals surface area contributed by atoms with Crippen LogP contribution in [0.3, 0.4) is 0 Å². The zero-order valence-electron chi connectivity index (χ0n) is 11.1. The number of carbonyl (C=O) groups is 1. The maximum absolute atomic E-state index is 12.3. The highest BCUT2D eigenvalue weighted by Gasteiger charge is 2.11. The van der Waals surface area contributed by atoms with Gasteiger partial charge in [-0.15, -0.1) is 10.2 Å². The molecule has 0 fully saturated rings. The monoisotopic (exact) mass is 290 g/mol. The van der Waals surface area contributed by atoms with Crippen LogP contribution in [0, 0.1) is 0 Å². The molecule has 2 aromatic rings. The van der Waals surface area contributed by atoms with E-state index in [1.807, 2.05) is 25.2 Å². The van der Waals surface area contributed by atoms with E-state index >= 15 is 0 Å². The second-order valence-electron chi connectivity index (χ2n) is 4.21. The summed E-state index contributed by atoms with van der Waals surface area (Å²) in [6.07, 6.45) is 0.784.